The summed E-state index contributed by atoms with van der Waals surface area (Å²) >= 11 is 0. The molecule has 0 aromatic heterocycles. The summed E-state index contributed by atoms with van der Waals surface area (Å²) in [6.07, 6.45) is 73.3. The van der Waals surface area contributed by atoms with Crippen molar-refractivity contribution in [2.45, 2.75) is 360 Å². The Hall–Kier alpha value is -1.66. The van der Waals surface area contributed by atoms with Gasteiger partial charge in [-0.2, -0.15) is 0 Å². The average Bonchev–Trinajstić information content (AvgIpc) is 3.36. The maximum atomic E-state index is 12.5. The zero-order valence-corrected chi connectivity index (χ0v) is 47.3. The third kappa shape index (κ3) is 55.7. The van der Waals surface area contributed by atoms with E-state index in [0.717, 1.165) is 51.4 Å². The van der Waals surface area contributed by atoms with E-state index in [1.165, 1.54) is 263 Å². The lowest BCUT2D eigenvalue weighted by atomic mass is 10.0. The highest BCUT2D eigenvalue weighted by molar-refractivity contribution is 5.76. The highest BCUT2D eigenvalue weighted by Crippen LogP contribution is 2.18. The fourth-order valence-electron chi connectivity index (χ4n) is 9.91. The van der Waals surface area contributed by atoms with Crippen molar-refractivity contribution in [3.63, 3.8) is 0 Å². The summed E-state index contributed by atoms with van der Waals surface area (Å²) in [4.78, 5) is 24.6. The summed E-state index contributed by atoms with van der Waals surface area (Å²) in [6.45, 7) is 4.94. The quantitative estimate of drug-likeness (QED) is 0.0321. The molecular formula is C64H123NO5. The molecule has 0 saturated heterocycles. The lowest BCUT2D eigenvalue weighted by Crippen LogP contribution is -2.45. The molecule has 2 unspecified atom stereocenters. The van der Waals surface area contributed by atoms with Gasteiger partial charge >= 0.3 is 5.97 Å². The molecule has 0 spiro atoms. The van der Waals surface area contributed by atoms with Crippen LogP contribution >= 0.6 is 0 Å². The topological polar surface area (TPSA) is 95.9 Å². The number of hydrogen-bond donors (Lipinski definition) is 3. The second kappa shape index (κ2) is 59.9. The maximum absolute atomic E-state index is 12.5. The molecule has 2 atom stereocenters. The van der Waals surface area contributed by atoms with E-state index in [9.17, 15) is 19.8 Å². The normalized spacial score (nSPS) is 12.7. The van der Waals surface area contributed by atoms with Crippen LogP contribution in [0.25, 0.3) is 0 Å². The van der Waals surface area contributed by atoms with Crippen LogP contribution in [0.2, 0.25) is 0 Å². The number of carbonyl (C=O) groups is 2. The van der Waals surface area contributed by atoms with E-state index in [-0.39, 0.29) is 18.5 Å². The minimum Gasteiger partial charge on any atom is -0.466 e. The van der Waals surface area contributed by atoms with Crippen LogP contribution in [-0.4, -0.2) is 47.4 Å². The molecule has 0 heterocycles. The molecule has 0 aliphatic carbocycles. The molecule has 0 aliphatic heterocycles. The molecule has 0 rings (SSSR count). The molecule has 414 valence electrons. The van der Waals surface area contributed by atoms with Crippen molar-refractivity contribution >= 4 is 11.9 Å². The standard InChI is InChI=1S/C64H123NO5/c1-3-5-7-9-11-13-15-17-19-29-32-36-40-44-48-52-56-62(67)61(60-66)65-63(68)57-53-49-45-41-37-33-30-26-24-22-20-21-23-25-27-31-35-39-43-47-51-55-59-70-64(69)58-54-50-46-42-38-34-28-18-16-14-12-10-8-6-4-2/h12,14,18,28,61-62,66-67H,3-11,13,15-17,19-27,29-60H2,1-2H3,(H,65,68)/b14-12-,28-18-. The van der Waals surface area contributed by atoms with Gasteiger partial charge in [0.1, 0.15) is 0 Å². The van der Waals surface area contributed by atoms with E-state index in [2.05, 4.69) is 43.5 Å². The number of unbranched alkanes of at least 4 members (excludes halogenated alkanes) is 44. The Bertz CT molecular complexity index is 1090. The average molecular weight is 987 g/mol. The second-order valence-electron chi connectivity index (χ2n) is 21.7. The van der Waals surface area contributed by atoms with E-state index >= 15 is 0 Å². The van der Waals surface area contributed by atoms with Crippen molar-refractivity contribution < 1.29 is 24.5 Å². The number of aliphatic hydroxyl groups is 2. The van der Waals surface area contributed by atoms with Gasteiger partial charge in [-0.15, -0.1) is 0 Å². The van der Waals surface area contributed by atoms with Crippen LogP contribution in [0.15, 0.2) is 24.3 Å². The highest BCUT2D eigenvalue weighted by atomic mass is 16.5. The van der Waals surface area contributed by atoms with E-state index in [1.54, 1.807) is 0 Å². The Balaban J connectivity index is 3.38. The number of ether oxygens (including phenoxy) is 1. The predicted octanol–water partition coefficient (Wildman–Crippen LogP) is 19.8. The molecule has 0 aliphatic rings. The van der Waals surface area contributed by atoms with E-state index in [0.29, 0.717) is 25.9 Å². The number of amides is 1. The Kier molecular flexibility index (Phi) is 58.5. The molecule has 0 radical (unpaired) electrons. The van der Waals surface area contributed by atoms with Crippen molar-refractivity contribution in [2.24, 2.45) is 0 Å². The summed E-state index contributed by atoms with van der Waals surface area (Å²) in [7, 11) is 0. The maximum Gasteiger partial charge on any atom is 0.305 e. The third-order valence-electron chi connectivity index (χ3n) is 14.8. The monoisotopic (exact) mass is 986 g/mol. The molecule has 0 aromatic rings. The van der Waals surface area contributed by atoms with Crippen molar-refractivity contribution in [2.75, 3.05) is 13.2 Å². The first-order valence-electron chi connectivity index (χ1n) is 31.6. The van der Waals surface area contributed by atoms with Crippen molar-refractivity contribution in [3.05, 3.63) is 24.3 Å². The number of esters is 1. The SMILES string of the molecule is CCCCC/C=C\C/C=C\CCCCCCCC(=O)OCCCCCCCCCCCCCCCCCCCCCCCCC(=O)NC(CO)C(O)CCCCCCCCCCCCCCCCCC. The van der Waals surface area contributed by atoms with Crippen LogP contribution in [0.4, 0.5) is 0 Å². The minimum absolute atomic E-state index is 0.000252. The Morgan fingerprint density at radius 1 is 0.400 bits per heavy atom. The van der Waals surface area contributed by atoms with Gasteiger partial charge in [-0.25, -0.2) is 0 Å². The van der Waals surface area contributed by atoms with Gasteiger partial charge in [0.25, 0.3) is 0 Å². The van der Waals surface area contributed by atoms with Crippen LogP contribution < -0.4 is 5.32 Å². The summed E-state index contributed by atoms with van der Waals surface area (Å²) in [5.41, 5.74) is 0. The van der Waals surface area contributed by atoms with Gasteiger partial charge in [0.15, 0.2) is 0 Å². The fourth-order valence-corrected chi connectivity index (χ4v) is 9.91. The molecule has 0 saturated carbocycles. The molecule has 0 aromatic carbocycles. The van der Waals surface area contributed by atoms with Gasteiger partial charge in [-0.3, -0.25) is 9.59 Å². The molecule has 3 N–H and O–H groups in total. The van der Waals surface area contributed by atoms with Crippen LogP contribution in [0, 0.1) is 0 Å². The lowest BCUT2D eigenvalue weighted by molar-refractivity contribution is -0.143. The zero-order chi connectivity index (χ0) is 50.7. The summed E-state index contributed by atoms with van der Waals surface area (Å²) < 4.78 is 5.48. The van der Waals surface area contributed by atoms with Gasteiger partial charge in [-0.1, -0.05) is 301 Å². The number of hydrogen-bond acceptors (Lipinski definition) is 5. The van der Waals surface area contributed by atoms with Gasteiger partial charge in [-0.05, 0) is 57.8 Å². The smallest absolute Gasteiger partial charge is 0.305 e. The van der Waals surface area contributed by atoms with Crippen molar-refractivity contribution in [3.8, 4) is 0 Å². The van der Waals surface area contributed by atoms with Crippen LogP contribution in [0.3, 0.4) is 0 Å². The summed E-state index contributed by atoms with van der Waals surface area (Å²) in [6, 6.07) is -0.542. The number of nitrogens with one attached hydrogen (secondary N) is 1. The summed E-state index contributed by atoms with van der Waals surface area (Å²) in [5, 5.41) is 23.3. The zero-order valence-electron chi connectivity index (χ0n) is 47.3. The lowest BCUT2D eigenvalue weighted by Gasteiger charge is -2.22. The molecular weight excluding hydrogens is 863 g/mol. The minimum atomic E-state index is -0.664. The third-order valence-corrected chi connectivity index (χ3v) is 14.8. The molecule has 6 heteroatoms. The van der Waals surface area contributed by atoms with Gasteiger partial charge in [0.05, 0.1) is 25.4 Å². The van der Waals surface area contributed by atoms with Crippen LogP contribution in [0.5, 0.6) is 0 Å². The Morgan fingerprint density at radius 3 is 1.11 bits per heavy atom. The van der Waals surface area contributed by atoms with Gasteiger partial charge in [0, 0.05) is 12.8 Å². The molecule has 1 amide bonds. The van der Waals surface area contributed by atoms with E-state index in [4.69, 9.17) is 4.74 Å². The fraction of sp³-hybridized carbons (Fsp3) is 0.906. The van der Waals surface area contributed by atoms with E-state index < -0.39 is 12.1 Å². The van der Waals surface area contributed by atoms with Crippen molar-refractivity contribution in [1.29, 1.82) is 0 Å². The Morgan fingerprint density at radius 2 is 0.714 bits per heavy atom. The van der Waals surface area contributed by atoms with Crippen LogP contribution in [0.1, 0.15) is 348 Å². The van der Waals surface area contributed by atoms with E-state index in [1.807, 2.05) is 0 Å². The first kappa shape index (κ1) is 68.3. The molecule has 0 fully saturated rings. The highest BCUT2D eigenvalue weighted by Gasteiger charge is 2.20. The van der Waals surface area contributed by atoms with Crippen molar-refractivity contribution in [1.82, 2.24) is 5.32 Å². The summed E-state index contributed by atoms with van der Waals surface area (Å²) in [5.74, 6) is -0.0332. The Labute approximate surface area is 437 Å². The van der Waals surface area contributed by atoms with Gasteiger partial charge in [0.2, 0.25) is 5.91 Å². The number of aliphatic hydroxyl groups excluding tert-OH is 2. The molecule has 70 heavy (non-hydrogen) atoms. The van der Waals surface area contributed by atoms with Gasteiger partial charge < -0.3 is 20.3 Å². The second-order valence-corrected chi connectivity index (χ2v) is 21.7. The number of rotatable bonds is 59. The number of allylic oxidation sites excluding steroid dienone is 4. The first-order valence-corrected chi connectivity index (χ1v) is 31.6. The largest absolute Gasteiger partial charge is 0.466 e. The molecule has 0 bridgehead atoms. The first-order chi connectivity index (χ1) is 34.5. The predicted molar refractivity (Wildman–Crippen MR) is 306 cm³/mol. The number of carbonyl (C=O) groups excluding carboxylic acids is 2. The van der Waals surface area contributed by atoms with Crippen LogP contribution in [-0.2, 0) is 14.3 Å². The molecule has 6 nitrogen and oxygen atoms in total.